The van der Waals surface area contributed by atoms with Crippen LogP contribution >= 0.6 is 11.6 Å². The van der Waals surface area contributed by atoms with E-state index in [2.05, 4.69) is 22.5 Å². The summed E-state index contributed by atoms with van der Waals surface area (Å²) in [4.78, 5) is 16.2. The van der Waals surface area contributed by atoms with E-state index in [1.54, 1.807) is 13.1 Å². The predicted octanol–water partition coefficient (Wildman–Crippen LogP) is 2.32. The monoisotopic (exact) mass is 297 g/mol. The predicted molar refractivity (Wildman–Crippen MR) is 79.3 cm³/mol. The van der Waals surface area contributed by atoms with Crippen molar-refractivity contribution < 1.29 is 9.53 Å². The molecule has 1 amide bonds. The van der Waals surface area contributed by atoms with Crippen molar-refractivity contribution in [2.24, 2.45) is 5.92 Å². The van der Waals surface area contributed by atoms with E-state index in [-0.39, 0.29) is 12.0 Å². The number of rotatable bonds is 5. The van der Waals surface area contributed by atoms with Crippen molar-refractivity contribution in [3.05, 3.63) is 22.8 Å². The Labute approximate surface area is 124 Å². The highest BCUT2D eigenvalue weighted by Crippen LogP contribution is 2.23. The van der Waals surface area contributed by atoms with Crippen molar-refractivity contribution in [2.45, 2.75) is 25.9 Å². The first-order valence-corrected chi connectivity index (χ1v) is 7.26. The number of aromatic nitrogens is 1. The Morgan fingerprint density at radius 3 is 3.05 bits per heavy atom. The summed E-state index contributed by atoms with van der Waals surface area (Å²) in [6.45, 7) is 3.51. The minimum absolute atomic E-state index is 0.149. The van der Waals surface area contributed by atoms with Gasteiger partial charge in [0.25, 0.3) is 5.91 Å². The quantitative estimate of drug-likeness (QED) is 0.875. The summed E-state index contributed by atoms with van der Waals surface area (Å²) in [5.41, 5.74) is 0.473. The maximum Gasteiger partial charge on any atom is 0.252 e. The van der Waals surface area contributed by atoms with Gasteiger partial charge in [0, 0.05) is 32.3 Å². The zero-order chi connectivity index (χ0) is 14.5. The Morgan fingerprint density at radius 1 is 1.60 bits per heavy atom. The van der Waals surface area contributed by atoms with Crippen LogP contribution in [0.25, 0.3) is 0 Å². The van der Waals surface area contributed by atoms with E-state index in [4.69, 9.17) is 16.3 Å². The summed E-state index contributed by atoms with van der Waals surface area (Å²) in [6, 6.07) is 1.62. The molecule has 1 aromatic rings. The molecule has 1 aromatic heterocycles. The van der Waals surface area contributed by atoms with Crippen LogP contribution in [0.2, 0.25) is 5.02 Å². The van der Waals surface area contributed by atoms with Crippen LogP contribution in [0.5, 0.6) is 0 Å². The Hall–Kier alpha value is -1.33. The number of hydrogen-bond donors (Lipinski definition) is 2. The second kappa shape index (κ2) is 6.90. The largest absolute Gasteiger partial charge is 0.378 e. The summed E-state index contributed by atoms with van der Waals surface area (Å²) >= 11 is 6.02. The molecular formula is C14H20ClN3O2. The van der Waals surface area contributed by atoms with Crippen molar-refractivity contribution >= 4 is 23.3 Å². The number of amides is 1. The zero-order valence-electron chi connectivity index (χ0n) is 11.8. The average Bonchev–Trinajstić information content (AvgIpc) is 2.92. The number of halogens is 1. The normalized spacial score (nSPS) is 21.8. The smallest absolute Gasteiger partial charge is 0.252 e. The maximum atomic E-state index is 12.1. The van der Waals surface area contributed by atoms with Crippen molar-refractivity contribution in [1.29, 1.82) is 0 Å². The molecule has 0 aromatic carbocycles. The molecule has 0 bridgehead atoms. The summed E-state index contributed by atoms with van der Waals surface area (Å²) < 4.78 is 5.61. The van der Waals surface area contributed by atoms with Crippen LogP contribution in [0.4, 0.5) is 5.82 Å². The molecule has 1 saturated heterocycles. The molecule has 0 saturated carbocycles. The van der Waals surface area contributed by atoms with Gasteiger partial charge in [0.1, 0.15) is 5.82 Å². The lowest BCUT2D eigenvalue weighted by Gasteiger charge is -2.17. The number of ether oxygens (including phenoxy) is 1. The highest BCUT2D eigenvalue weighted by atomic mass is 35.5. The molecule has 6 heteroatoms. The first-order chi connectivity index (χ1) is 9.65. The van der Waals surface area contributed by atoms with Gasteiger partial charge in [-0.05, 0) is 18.9 Å². The number of carbonyl (C=O) groups is 1. The minimum Gasteiger partial charge on any atom is -0.378 e. The average molecular weight is 298 g/mol. The van der Waals surface area contributed by atoms with Gasteiger partial charge < -0.3 is 15.4 Å². The van der Waals surface area contributed by atoms with Crippen molar-refractivity contribution in [3.63, 3.8) is 0 Å². The molecule has 2 unspecified atom stereocenters. The van der Waals surface area contributed by atoms with Crippen molar-refractivity contribution in [3.8, 4) is 0 Å². The van der Waals surface area contributed by atoms with E-state index in [9.17, 15) is 4.79 Å². The Bertz CT molecular complexity index is 481. The molecule has 0 aliphatic carbocycles. The number of carbonyl (C=O) groups excluding carboxylic acids is 1. The van der Waals surface area contributed by atoms with E-state index >= 15 is 0 Å². The molecule has 2 heterocycles. The third-order valence-electron chi connectivity index (χ3n) is 3.61. The Kier molecular flexibility index (Phi) is 5.20. The molecule has 1 aliphatic heterocycles. The van der Waals surface area contributed by atoms with Crippen LogP contribution in [0.3, 0.4) is 0 Å². The van der Waals surface area contributed by atoms with Gasteiger partial charge in [-0.2, -0.15) is 0 Å². The van der Waals surface area contributed by atoms with Crippen LogP contribution in [-0.4, -0.2) is 37.2 Å². The van der Waals surface area contributed by atoms with Gasteiger partial charge in [-0.3, -0.25) is 4.79 Å². The third-order valence-corrected chi connectivity index (χ3v) is 3.90. The summed E-state index contributed by atoms with van der Waals surface area (Å²) in [5, 5.41) is 6.23. The number of nitrogens with zero attached hydrogens (tertiary/aromatic N) is 1. The van der Waals surface area contributed by atoms with Gasteiger partial charge in [-0.15, -0.1) is 0 Å². The van der Waals surface area contributed by atoms with E-state index < -0.39 is 0 Å². The van der Waals surface area contributed by atoms with E-state index in [0.717, 1.165) is 19.4 Å². The number of pyridine rings is 1. The van der Waals surface area contributed by atoms with Crippen LogP contribution in [-0.2, 0) is 4.74 Å². The molecule has 1 aliphatic rings. The molecule has 0 radical (unpaired) electrons. The summed E-state index contributed by atoms with van der Waals surface area (Å²) in [6.07, 6.45) is 3.75. The third kappa shape index (κ3) is 3.41. The lowest BCUT2D eigenvalue weighted by atomic mass is 9.99. The molecule has 5 nitrogen and oxygen atoms in total. The van der Waals surface area contributed by atoms with Crippen LogP contribution in [0.15, 0.2) is 12.3 Å². The minimum atomic E-state index is -0.149. The zero-order valence-corrected chi connectivity index (χ0v) is 12.5. The summed E-state index contributed by atoms with van der Waals surface area (Å²) in [7, 11) is 1.74. The van der Waals surface area contributed by atoms with Crippen LogP contribution < -0.4 is 10.6 Å². The second-order valence-electron chi connectivity index (χ2n) is 4.88. The SMILES string of the molecule is CCC1OCCC1CNC(=O)c1cnc(NC)c(Cl)c1. The fourth-order valence-electron chi connectivity index (χ4n) is 2.45. The molecule has 110 valence electrons. The summed E-state index contributed by atoms with van der Waals surface area (Å²) in [5.74, 6) is 0.811. The van der Waals surface area contributed by atoms with Gasteiger partial charge in [-0.25, -0.2) is 4.98 Å². The molecule has 2 N–H and O–H groups in total. The van der Waals surface area contributed by atoms with E-state index in [1.807, 2.05) is 0 Å². The lowest BCUT2D eigenvalue weighted by Crippen LogP contribution is -2.32. The molecule has 2 rings (SSSR count). The molecule has 20 heavy (non-hydrogen) atoms. The molecule has 1 fully saturated rings. The van der Waals surface area contributed by atoms with Crippen LogP contribution in [0, 0.1) is 5.92 Å². The van der Waals surface area contributed by atoms with Crippen molar-refractivity contribution in [2.75, 3.05) is 25.5 Å². The highest BCUT2D eigenvalue weighted by Gasteiger charge is 2.27. The van der Waals surface area contributed by atoms with Gasteiger partial charge in [0.15, 0.2) is 0 Å². The number of hydrogen-bond acceptors (Lipinski definition) is 4. The molecule has 2 atom stereocenters. The van der Waals surface area contributed by atoms with E-state index in [1.165, 1.54) is 6.20 Å². The fraction of sp³-hybridized carbons (Fsp3) is 0.571. The fourth-order valence-corrected chi connectivity index (χ4v) is 2.71. The number of anilines is 1. The first-order valence-electron chi connectivity index (χ1n) is 6.88. The van der Waals surface area contributed by atoms with Gasteiger partial charge in [-0.1, -0.05) is 18.5 Å². The Balaban J connectivity index is 1.93. The topological polar surface area (TPSA) is 63.2 Å². The molecule has 0 spiro atoms. The first kappa shape index (κ1) is 15.1. The standard InChI is InChI=1S/C14H20ClN3O2/c1-3-12-9(4-5-20-12)7-18-14(19)10-6-11(15)13(16-2)17-8-10/h6,8-9,12H,3-5,7H2,1-2H3,(H,16,17)(H,18,19). The van der Waals surface area contributed by atoms with Gasteiger partial charge >= 0.3 is 0 Å². The van der Waals surface area contributed by atoms with Crippen LogP contribution in [0.1, 0.15) is 30.1 Å². The maximum absolute atomic E-state index is 12.1. The second-order valence-corrected chi connectivity index (χ2v) is 5.29. The van der Waals surface area contributed by atoms with Gasteiger partial charge in [0.05, 0.1) is 16.7 Å². The highest BCUT2D eigenvalue weighted by molar-refractivity contribution is 6.33. The Morgan fingerprint density at radius 2 is 2.40 bits per heavy atom. The van der Waals surface area contributed by atoms with E-state index in [0.29, 0.717) is 28.9 Å². The van der Waals surface area contributed by atoms with Gasteiger partial charge in [0.2, 0.25) is 0 Å². The lowest BCUT2D eigenvalue weighted by molar-refractivity contribution is 0.0827. The van der Waals surface area contributed by atoms with Crippen molar-refractivity contribution in [1.82, 2.24) is 10.3 Å². The molecular weight excluding hydrogens is 278 g/mol. The number of nitrogens with one attached hydrogen (secondary N) is 2.